The zero-order chi connectivity index (χ0) is 19.5. The molecular weight excluding hydrogens is 362 g/mol. The van der Waals surface area contributed by atoms with Crippen molar-refractivity contribution in [3.8, 4) is 17.2 Å². The number of hydrogen-bond donors (Lipinski definition) is 0. The number of nitrogens with zero attached hydrogens (tertiary/aromatic N) is 1. The summed E-state index contributed by atoms with van der Waals surface area (Å²) in [5.41, 5.74) is -1.71. The Balaban J connectivity index is 2.36. The molecular formula is C16H13F4NO5. The predicted molar refractivity (Wildman–Crippen MR) is 81.9 cm³/mol. The highest BCUT2D eigenvalue weighted by Crippen LogP contribution is 2.36. The second-order valence-corrected chi connectivity index (χ2v) is 5.02. The number of ether oxygens (including phenoxy) is 3. The number of halogens is 4. The van der Waals surface area contributed by atoms with Gasteiger partial charge in [-0.05, 0) is 18.2 Å². The summed E-state index contributed by atoms with van der Waals surface area (Å²) in [4.78, 5) is 9.88. The Morgan fingerprint density at radius 1 is 1.04 bits per heavy atom. The molecule has 2 rings (SSSR count). The van der Waals surface area contributed by atoms with Crippen molar-refractivity contribution in [1.29, 1.82) is 0 Å². The molecule has 0 atom stereocenters. The van der Waals surface area contributed by atoms with Gasteiger partial charge in [0.2, 0.25) is 5.82 Å². The van der Waals surface area contributed by atoms with Gasteiger partial charge in [-0.15, -0.1) is 0 Å². The van der Waals surface area contributed by atoms with Crippen LogP contribution in [0.4, 0.5) is 23.2 Å². The van der Waals surface area contributed by atoms with Crippen LogP contribution in [-0.4, -0.2) is 19.1 Å². The molecule has 6 nitrogen and oxygen atoms in total. The molecule has 0 aliphatic carbocycles. The summed E-state index contributed by atoms with van der Waals surface area (Å²) in [5.74, 6) is -1.33. The number of nitro benzene ring substituents is 1. The minimum atomic E-state index is -4.56. The summed E-state index contributed by atoms with van der Waals surface area (Å²) >= 11 is 0. The molecule has 0 aliphatic rings. The molecule has 10 heteroatoms. The minimum Gasteiger partial charge on any atom is -0.496 e. The average Bonchev–Trinajstić information content (AvgIpc) is 2.58. The van der Waals surface area contributed by atoms with Gasteiger partial charge in [0.1, 0.15) is 12.4 Å². The SMILES string of the molecule is COc1ccc(C(F)(F)F)cc1COc1cc([N+](=O)[O-])c(F)cc1OC. The highest BCUT2D eigenvalue weighted by Gasteiger charge is 2.31. The van der Waals surface area contributed by atoms with Crippen LogP contribution in [-0.2, 0) is 12.8 Å². The van der Waals surface area contributed by atoms with E-state index >= 15 is 0 Å². The minimum absolute atomic E-state index is 0.0522. The second-order valence-electron chi connectivity index (χ2n) is 5.02. The molecule has 0 saturated heterocycles. The molecule has 2 aromatic rings. The Labute approximate surface area is 145 Å². The summed E-state index contributed by atoms with van der Waals surface area (Å²) in [6, 6.07) is 4.38. The largest absolute Gasteiger partial charge is 0.496 e. The number of alkyl halides is 3. The average molecular weight is 375 g/mol. The first-order valence-corrected chi connectivity index (χ1v) is 7.06. The van der Waals surface area contributed by atoms with Gasteiger partial charge in [-0.3, -0.25) is 10.1 Å². The summed E-state index contributed by atoms with van der Waals surface area (Å²) in [5, 5.41) is 10.8. The lowest BCUT2D eigenvalue weighted by molar-refractivity contribution is -0.387. The maximum Gasteiger partial charge on any atom is 0.416 e. The molecule has 0 spiro atoms. The third-order valence-electron chi connectivity index (χ3n) is 3.42. The molecule has 0 heterocycles. The Morgan fingerprint density at radius 2 is 1.69 bits per heavy atom. The molecule has 0 radical (unpaired) electrons. The van der Waals surface area contributed by atoms with Crippen molar-refractivity contribution in [2.45, 2.75) is 12.8 Å². The molecule has 0 bridgehead atoms. The normalized spacial score (nSPS) is 11.2. The fourth-order valence-corrected chi connectivity index (χ4v) is 2.16. The van der Waals surface area contributed by atoms with Gasteiger partial charge in [0.15, 0.2) is 11.5 Å². The molecule has 2 aromatic carbocycles. The van der Waals surface area contributed by atoms with Crippen LogP contribution < -0.4 is 14.2 Å². The zero-order valence-electron chi connectivity index (χ0n) is 13.6. The Morgan fingerprint density at radius 3 is 2.23 bits per heavy atom. The predicted octanol–water partition coefficient (Wildman–Crippen LogP) is 4.35. The van der Waals surface area contributed by atoms with Crippen LogP contribution in [0.25, 0.3) is 0 Å². The van der Waals surface area contributed by atoms with Crippen molar-refractivity contribution in [3.05, 3.63) is 57.4 Å². The van der Waals surface area contributed by atoms with Crippen LogP contribution >= 0.6 is 0 Å². The fraction of sp³-hybridized carbons (Fsp3) is 0.250. The van der Waals surface area contributed by atoms with Crippen molar-refractivity contribution in [2.24, 2.45) is 0 Å². The first kappa shape index (κ1) is 19.3. The van der Waals surface area contributed by atoms with Crippen LogP contribution in [0.5, 0.6) is 17.2 Å². The molecule has 26 heavy (non-hydrogen) atoms. The monoisotopic (exact) mass is 375 g/mol. The van der Waals surface area contributed by atoms with E-state index < -0.39 is 34.8 Å². The lowest BCUT2D eigenvalue weighted by Gasteiger charge is -2.15. The van der Waals surface area contributed by atoms with Crippen LogP contribution in [0.2, 0.25) is 0 Å². The topological polar surface area (TPSA) is 70.8 Å². The molecule has 0 aliphatic heterocycles. The molecule has 0 unspecified atom stereocenters. The maximum absolute atomic E-state index is 13.6. The maximum atomic E-state index is 13.6. The third-order valence-corrected chi connectivity index (χ3v) is 3.42. The van der Waals surface area contributed by atoms with Gasteiger partial charge in [-0.25, -0.2) is 0 Å². The fourth-order valence-electron chi connectivity index (χ4n) is 2.16. The van der Waals surface area contributed by atoms with Gasteiger partial charge in [-0.2, -0.15) is 17.6 Å². The molecule has 0 amide bonds. The van der Waals surface area contributed by atoms with Gasteiger partial charge in [0.25, 0.3) is 0 Å². The van der Waals surface area contributed by atoms with E-state index in [1.165, 1.54) is 14.2 Å². The van der Waals surface area contributed by atoms with E-state index in [1.54, 1.807) is 0 Å². The molecule has 0 N–H and O–H groups in total. The van der Waals surface area contributed by atoms with Gasteiger partial charge < -0.3 is 14.2 Å². The first-order chi connectivity index (χ1) is 12.2. The Bertz CT molecular complexity index is 823. The van der Waals surface area contributed by atoms with Gasteiger partial charge in [-0.1, -0.05) is 0 Å². The van der Waals surface area contributed by atoms with Crippen molar-refractivity contribution in [1.82, 2.24) is 0 Å². The van der Waals surface area contributed by atoms with Crippen molar-refractivity contribution >= 4 is 5.69 Å². The second kappa shape index (κ2) is 7.46. The van der Waals surface area contributed by atoms with Crippen LogP contribution in [0.1, 0.15) is 11.1 Å². The number of rotatable bonds is 6. The van der Waals surface area contributed by atoms with Gasteiger partial charge in [0, 0.05) is 11.6 Å². The summed E-state index contributed by atoms with van der Waals surface area (Å²) < 4.78 is 67.4. The lowest BCUT2D eigenvalue weighted by Crippen LogP contribution is -2.08. The van der Waals surface area contributed by atoms with Crippen LogP contribution in [0.3, 0.4) is 0 Å². The summed E-state index contributed by atoms with van der Waals surface area (Å²) in [6.07, 6.45) is -4.56. The number of hydrogen-bond acceptors (Lipinski definition) is 5. The van der Waals surface area contributed by atoms with E-state index in [0.717, 1.165) is 30.3 Å². The third kappa shape index (κ3) is 4.13. The van der Waals surface area contributed by atoms with Gasteiger partial charge in [0.05, 0.1) is 30.8 Å². The van der Waals surface area contributed by atoms with Crippen molar-refractivity contribution in [3.63, 3.8) is 0 Å². The van der Waals surface area contributed by atoms with E-state index in [4.69, 9.17) is 14.2 Å². The van der Waals surface area contributed by atoms with Crippen LogP contribution in [0.15, 0.2) is 30.3 Å². The van der Waals surface area contributed by atoms with Gasteiger partial charge >= 0.3 is 11.9 Å². The van der Waals surface area contributed by atoms with E-state index in [1.807, 2.05) is 0 Å². The van der Waals surface area contributed by atoms with Crippen LogP contribution in [0, 0.1) is 15.9 Å². The van der Waals surface area contributed by atoms with E-state index in [9.17, 15) is 27.7 Å². The quantitative estimate of drug-likeness (QED) is 0.427. The molecule has 0 fully saturated rings. The summed E-state index contributed by atoms with van der Waals surface area (Å²) in [6.45, 7) is -0.410. The number of nitro groups is 1. The standard InChI is InChI=1S/C16H13F4NO5/c1-24-13-4-3-10(16(18,19)20)5-9(13)8-26-15-7-12(21(22)23)11(17)6-14(15)25-2/h3-7H,8H2,1-2H3. The van der Waals surface area contributed by atoms with Crippen molar-refractivity contribution in [2.75, 3.05) is 14.2 Å². The van der Waals surface area contributed by atoms with E-state index in [2.05, 4.69) is 0 Å². The molecule has 0 saturated carbocycles. The smallest absolute Gasteiger partial charge is 0.416 e. The summed E-state index contributed by atoms with van der Waals surface area (Å²) in [7, 11) is 2.47. The molecule has 140 valence electrons. The highest BCUT2D eigenvalue weighted by molar-refractivity contribution is 5.50. The van der Waals surface area contributed by atoms with Crippen molar-refractivity contribution < 1.29 is 36.7 Å². The number of methoxy groups -OCH3 is 2. The van der Waals surface area contributed by atoms with E-state index in [-0.39, 0.29) is 22.8 Å². The highest BCUT2D eigenvalue weighted by atomic mass is 19.4. The Hall–Kier alpha value is -3.04. The zero-order valence-corrected chi connectivity index (χ0v) is 13.6. The Kier molecular flexibility index (Phi) is 5.53. The first-order valence-electron chi connectivity index (χ1n) is 7.06. The lowest BCUT2D eigenvalue weighted by atomic mass is 10.1. The van der Waals surface area contributed by atoms with E-state index in [0.29, 0.717) is 0 Å². The molecule has 0 aromatic heterocycles. The number of benzene rings is 2.